The van der Waals surface area contributed by atoms with Gasteiger partial charge in [-0.1, -0.05) is 0 Å². The van der Waals surface area contributed by atoms with Gasteiger partial charge < -0.3 is 10.0 Å². The maximum Gasteiger partial charge on any atom is 0.0967 e. The molecule has 0 bridgehead atoms. The van der Waals surface area contributed by atoms with Crippen molar-refractivity contribution >= 4 is 5.69 Å². The summed E-state index contributed by atoms with van der Waals surface area (Å²) in [5.41, 5.74) is 0.583. The maximum absolute atomic E-state index is 9.48. The zero-order valence-electron chi connectivity index (χ0n) is 7.07. The molecule has 0 radical (unpaired) electrons. The van der Waals surface area contributed by atoms with E-state index in [2.05, 4.69) is 9.88 Å². The topological polar surface area (TPSA) is 36.4 Å². The number of pyridine rings is 1. The highest BCUT2D eigenvalue weighted by molar-refractivity contribution is 5.47. The average molecular weight is 164 g/mol. The van der Waals surface area contributed by atoms with Crippen LogP contribution in [0.5, 0.6) is 0 Å². The minimum Gasteiger partial charge on any atom is -0.386 e. The van der Waals surface area contributed by atoms with Gasteiger partial charge in [0, 0.05) is 19.3 Å². The number of anilines is 1. The Kier molecular flexibility index (Phi) is 1.54. The van der Waals surface area contributed by atoms with Crippen LogP contribution in [0.1, 0.15) is 6.92 Å². The quantitative estimate of drug-likeness (QED) is 0.662. The summed E-state index contributed by atoms with van der Waals surface area (Å²) in [5.74, 6) is 0. The summed E-state index contributed by atoms with van der Waals surface area (Å²) in [4.78, 5) is 6.12. The molecule has 0 amide bonds. The van der Waals surface area contributed by atoms with Crippen LogP contribution in [0.4, 0.5) is 5.69 Å². The summed E-state index contributed by atoms with van der Waals surface area (Å²) in [7, 11) is 0. The number of aliphatic hydroxyl groups is 1. The highest BCUT2D eigenvalue weighted by atomic mass is 16.3. The van der Waals surface area contributed by atoms with E-state index in [1.807, 2.05) is 25.3 Å². The Labute approximate surface area is 71.7 Å². The summed E-state index contributed by atoms with van der Waals surface area (Å²) in [5, 5.41) is 9.48. The minimum absolute atomic E-state index is 0.504. The molecule has 0 aromatic carbocycles. The summed E-state index contributed by atoms with van der Waals surface area (Å²) < 4.78 is 0. The van der Waals surface area contributed by atoms with Crippen molar-refractivity contribution < 1.29 is 5.11 Å². The van der Waals surface area contributed by atoms with Crippen molar-refractivity contribution in [2.75, 3.05) is 18.0 Å². The van der Waals surface area contributed by atoms with Crippen LogP contribution in [-0.2, 0) is 0 Å². The third-order valence-corrected chi connectivity index (χ3v) is 2.07. The van der Waals surface area contributed by atoms with E-state index in [1.54, 1.807) is 6.20 Å². The Bertz CT molecular complexity index is 263. The van der Waals surface area contributed by atoms with E-state index in [0.29, 0.717) is 13.1 Å². The van der Waals surface area contributed by atoms with E-state index in [1.165, 1.54) is 0 Å². The zero-order valence-corrected chi connectivity index (χ0v) is 7.07. The predicted molar refractivity (Wildman–Crippen MR) is 47.1 cm³/mol. The smallest absolute Gasteiger partial charge is 0.0967 e. The van der Waals surface area contributed by atoms with Gasteiger partial charge in [-0.25, -0.2) is 0 Å². The fourth-order valence-electron chi connectivity index (χ4n) is 1.50. The third kappa shape index (κ3) is 1.28. The van der Waals surface area contributed by atoms with Gasteiger partial charge in [-0.15, -0.1) is 0 Å². The second-order valence-corrected chi connectivity index (χ2v) is 3.56. The number of β-amino-alcohol motifs (C(OH)–C–C–N with tert-alkyl or cyclic N) is 1. The van der Waals surface area contributed by atoms with Crippen molar-refractivity contribution in [3.63, 3.8) is 0 Å². The fraction of sp³-hybridized carbons (Fsp3) is 0.444. The van der Waals surface area contributed by atoms with E-state index < -0.39 is 5.60 Å². The molecule has 0 unspecified atom stereocenters. The molecule has 0 atom stereocenters. The van der Waals surface area contributed by atoms with Crippen molar-refractivity contribution in [3.8, 4) is 0 Å². The lowest BCUT2D eigenvalue weighted by Gasteiger charge is -2.45. The molecule has 2 rings (SSSR count). The average Bonchev–Trinajstić information content (AvgIpc) is 2.02. The van der Waals surface area contributed by atoms with Crippen molar-refractivity contribution in [2.45, 2.75) is 12.5 Å². The highest BCUT2D eigenvalue weighted by Crippen LogP contribution is 2.25. The van der Waals surface area contributed by atoms with E-state index in [9.17, 15) is 5.11 Å². The Morgan fingerprint density at radius 2 is 2.33 bits per heavy atom. The van der Waals surface area contributed by atoms with Gasteiger partial charge in [0.25, 0.3) is 0 Å². The molecule has 2 heterocycles. The van der Waals surface area contributed by atoms with Crippen LogP contribution in [0.2, 0.25) is 0 Å². The number of rotatable bonds is 1. The minimum atomic E-state index is -0.504. The first kappa shape index (κ1) is 7.55. The number of hydrogen-bond donors (Lipinski definition) is 1. The Balaban J connectivity index is 2.06. The molecule has 3 heteroatoms. The molecular formula is C9H12N2O. The summed E-state index contributed by atoms with van der Waals surface area (Å²) in [6.07, 6.45) is 3.57. The normalized spacial score (nSPS) is 20.3. The molecule has 1 aromatic heterocycles. The lowest BCUT2D eigenvalue weighted by Crippen LogP contribution is -2.60. The Hall–Kier alpha value is -1.09. The molecule has 1 aliphatic heterocycles. The number of hydrogen-bond acceptors (Lipinski definition) is 3. The molecule has 0 aliphatic carbocycles. The van der Waals surface area contributed by atoms with Gasteiger partial charge in [0.2, 0.25) is 0 Å². The van der Waals surface area contributed by atoms with Gasteiger partial charge in [0.05, 0.1) is 17.5 Å². The molecule has 1 N–H and O–H groups in total. The van der Waals surface area contributed by atoms with Crippen LogP contribution < -0.4 is 4.90 Å². The lowest BCUT2D eigenvalue weighted by atomic mass is 9.96. The van der Waals surface area contributed by atoms with Gasteiger partial charge >= 0.3 is 0 Å². The van der Waals surface area contributed by atoms with Crippen molar-refractivity contribution in [1.82, 2.24) is 4.98 Å². The summed E-state index contributed by atoms with van der Waals surface area (Å²) in [6, 6.07) is 3.91. The molecule has 0 spiro atoms. The van der Waals surface area contributed by atoms with Crippen molar-refractivity contribution in [2.24, 2.45) is 0 Å². The van der Waals surface area contributed by atoms with Gasteiger partial charge in [-0.3, -0.25) is 4.98 Å². The van der Waals surface area contributed by atoms with E-state index in [-0.39, 0.29) is 0 Å². The Morgan fingerprint density at radius 1 is 1.58 bits per heavy atom. The van der Waals surface area contributed by atoms with E-state index >= 15 is 0 Å². The first-order chi connectivity index (χ1) is 5.67. The van der Waals surface area contributed by atoms with Gasteiger partial charge in [0.15, 0.2) is 0 Å². The van der Waals surface area contributed by atoms with Crippen LogP contribution in [0.15, 0.2) is 24.5 Å². The van der Waals surface area contributed by atoms with Crippen LogP contribution in [0, 0.1) is 0 Å². The fourth-order valence-corrected chi connectivity index (χ4v) is 1.50. The number of aromatic nitrogens is 1. The molecular weight excluding hydrogens is 152 g/mol. The molecule has 3 nitrogen and oxygen atoms in total. The molecule has 1 aliphatic rings. The second kappa shape index (κ2) is 2.45. The first-order valence-electron chi connectivity index (χ1n) is 4.05. The Morgan fingerprint density at radius 3 is 2.83 bits per heavy atom. The molecule has 12 heavy (non-hydrogen) atoms. The molecule has 1 fully saturated rings. The highest BCUT2D eigenvalue weighted by Gasteiger charge is 2.36. The molecule has 64 valence electrons. The van der Waals surface area contributed by atoms with Crippen LogP contribution in [0.25, 0.3) is 0 Å². The molecule has 1 aromatic rings. The van der Waals surface area contributed by atoms with Crippen LogP contribution >= 0.6 is 0 Å². The van der Waals surface area contributed by atoms with Crippen molar-refractivity contribution in [1.29, 1.82) is 0 Å². The maximum atomic E-state index is 9.48. The largest absolute Gasteiger partial charge is 0.386 e. The SMILES string of the molecule is CC1(O)CN(c2cccnc2)C1. The summed E-state index contributed by atoms with van der Waals surface area (Å²) in [6.45, 7) is 3.26. The third-order valence-electron chi connectivity index (χ3n) is 2.07. The summed E-state index contributed by atoms with van der Waals surface area (Å²) >= 11 is 0. The lowest BCUT2D eigenvalue weighted by molar-refractivity contribution is 0.0310. The van der Waals surface area contributed by atoms with E-state index in [0.717, 1.165) is 5.69 Å². The van der Waals surface area contributed by atoms with Gasteiger partial charge in [0.1, 0.15) is 0 Å². The number of nitrogens with zero attached hydrogens (tertiary/aromatic N) is 2. The molecule has 1 saturated heterocycles. The van der Waals surface area contributed by atoms with Gasteiger partial charge in [-0.05, 0) is 19.1 Å². The predicted octanol–water partition coefficient (Wildman–Crippen LogP) is 0.653. The monoisotopic (exact) mass is 164 g/mol. The standard InChI is InChI=1S/C9H12N2O/c1-9(12)6-11(7-9)8-3-2-4-10-5-8/h2-5,12H,6-7H2,1H3. The second-order valence-electron chi connectivity index (χ2n) is 3.56. The van der Waals surface area contributed by atoms with Crippen molar-refractivity contribution in [3.05, 3.63) is 24.5 Å². The zero-order chi connectivity index (χ0) is 8.60. The first-order valence-corrected chi connectivity index (χ1v) is 4.05. The van der Waals surface area contributed by atoms with Crippen LogP contribution in [-0.4, -0.2) is 28.8 Å². The van der Waals surface area contributed by atoms with Crippen LogP contribution in [0.3, 0.4) is 0 Å². The molecule has 0 saturated carbocycles. The van der Waals surface area contributed by atoms with Gasteiger partial charge in [-0.2, -0.15) is 0 Å². The van der Waals surface area contributed by atoms with E-state index in [4.69, 9.17) is 0 Å².